The zero-order chi connectivity index (χ0) is 8.97. The van der Waals surface area contributed by atoms with Crippen LogP contribution < -0.4 is 0 Å². The second-order valence-electron chi connectivity index (χ2n) is 2.96. The van der Waals surface area contributed by atoms with Crippen LogP contribution in [0.15, 0.2) is 0 Å². The Balaban J connectivity index is 2.33. The summed E-state index contributed by atoms with van der Waals surface area (Å²) in [6.45, 7) is 0. The lowest BCUT2D eigenvalue weighted by atomic mass is 9.95. The highest BCUT2D eigenvalue weighted by atomic mass is 16.7. The Kier molecular flexibility index (Phi) is 3.34. The van der Waals surface area contributed by atoms with Gasteiger partial charge in [0.1, 0.15) is 6.10 Å². The van der Waals surface area contributed by atoms with E-state index in [1.807, 2.05) is 0 Å². The number of carbonyl (C=O) groups is 1. The van der Waals surface area contributed by atoms with Gasteiger partial charge in [0.05, 0.1) is 13.2 Å². The molecule has 1 aliphatic rings. The fourth-order valence-corrected chi connectivity index (χ4v) is 1.39. The van der Waals surface area contributed by atoms with Crippen LogP contribution in [-0.2, 0) is 9.47 Å². The molecule has 12 heavy (non-hydrogen) atoms. The van der Waals surface area contributed by atoms with Crippen LogP contribution in [0, 0.1) is 0 Å². The third kappa shape index (κ3) is 2.37. The third-order valence-corrected chi connectivity index (χ3v) is 2.08. The molecule has 4 nitrogen and oxygen atoms in total. The minimum atomic E-state index is -0.707. The van der Waals surface area contributed by atoms with Gasteiger partial charge in [-0.15, -0.1) is 0 Å². The molecule has 2 atom stereocenters. The smallest absolute Gasteiger partial charge is 0.438 e. The lowest BCUT2D eigenvalue weighted by molar-refractivity contribution is -0.0440. The third-order valence-electron chi connectivity index (χ3n) is 2.08. The minimum Gasteiger partial charge on any atom is -0.438 e. The molecular weight excluding hydrogens is 160 g/mol. The van der Waals surface area contributed by atoms with Gasteiger partial charge in [-0.05, 0) is 19.3 Å². The van der Waals surface area contributed by atoms with Crippen LogP contribution in [-0.4, -0.2) is 30.6 Å². The molecule has 0 heterocycles. The molecule has 1 fully saturated rings. The highest BCUT2D eigenvalue weighted by Crippen LogP contribution is 2.21. The Labute approximate surface area is 71.5 Å². The molecule has 4 heteroatoms. The van der Waals surface area contributed by atoms with Gasteiger partial charge in [-0.3, -0.25) is 0 Å². The van der Waals surface area contributed by atoms with Crippen molar-refractivity contribution < 1.29 is 19.4 Å². The van der Waals surface area contributed by atoms with Gasteiger partial charge in [-0.25, -0.2) is 4.79 Å². The second kappa shape index (κ2) is 4.30. The quantitative estimate of drug-likeness (QED) is 0.604. The normalized spacial score (nSPS) is 29.5. The standard InChI is InChI=1S/C8H14O4/c1-11-8(10)12-7-5-3-2-4-6(7)9/h6-7,9H,2-5H2,1H3/t6-,7+/m1/s1. The highest BCUT2D eigenvalue weighted by Gasteiger charge is 2.26. The number of aliphatic hydroxyl groups is 1. The van der Waals surface area contributed by atoms with E-state index < -0.39 is 12.3 Å². The van der Waals surface area contributed by atoms with Crippen LogP contribution in [0.3, 0.4) is 0 Å². The molecule has 0 amide bonds. The SMILES string of the molecule is COC(=O)O[C@H]1CCCC[C@H]1O. The first-order valence-corrected chi connectivity index (χ1v) is 4.16. The Morgan fingerprint density at radius 1 is 1.42 bits per heavy atom. The van der Waals surface area contributed by atoms with E-state index >= 15 is 0 Å². The molecular formula is C8H14O4. The molecule has 1 rings (SSSR count). The summed E-state index contributed by atoms with van der Waals surface area (Å²) in [6.07, 6.45) is 1.85. The maximum absolute atomic E-state index is 10.7. The van der Waals surface area contributed by atoms with Gasteiger partial charge in [0.25, 0.3) is 0 Å². The van der Waals surface area contributed by atoms with E-state index in [1.165, 1.54) is 7.11 Å². The van der Waals surface area contributed by atoms with Crippen LogP contribution in [0.25, 0.3) is 0 Å². The van der Waals surface area contributed by atoms with Gasteiger partial charge in [0.2, 0.25) is 0 Å². The monoisotopic (exact) mass is 174 g/mol. The largest absolute Gasteiger partial charge is 0.508 e. The topological polar surface area (TPSA) is 55.8 Å². The summed E-state index contributed by atoms with van der Waals surface area (Å²) in [7, 11) is 1.26. The Bertz CT molecular complexity index is 157. The fourth-order valence-electron chi connectivity index (χ4n) is 1.39. The van der Waals surface area contributed by atoms with Crippen molar-refractivity contribution in [1.82, 2.24) is 0 Å². The Hall–Kier alpha value is -0.770. The molecule has 0 radical (unpaired) electrons. The molecule has 0 aromatic heterocycles. The van der Waals surface area contributed by atoms with E-state index in [-0.39, 0.29) is 6.10 Å². The molecule has 0 saturated heterocycles. The van der Waals surface area contributed by atoms with E-state index in [2.05, 4.69) is 4.74 Å². The molecule has 1 N–H and O–H groups in total. The summed E-state index contributed by atoms with van der Waals surface area (Å²) in [5, 5.41) is 9.38. The number of ether oxygens (including phenoxy) is 2. The molecule has 0 aliphatic heterocycles. The van der Waals surface area contributed by atoms with Gasteiger partial charge >= 0.3 is 6.16 Å². The second-order valence-corrected chi connectivity index (χ2v) is 2.96. The first-order chi connectivity index (χ1) is 5.74. The number of hydrogen-bond donors (Lipinski definition) is 1. The average Bonchev–Trinajstić information content (AvgIpc) is 2.09. The summed E-state index contributed by atoms with van der Waals surface area (Å²) < 4.78 is 9.17. The predicted molar refractivity (Wildman–Crippen MR) is 41.8 cm³/mol. The van der Waals surface area contributed by atoms with E-state index in [0.29, 0.717) is 6.42 Å². The average molecular weight is 174 g/mol. The van der Waals surface area contributed by atoms with Crippen molar-refractivity contribution in [2.45, 2.75) is 37.9 Å². The molecule has 0 bridgehead atoms. The molecule has 70 valence electrons. The van der Waals surface area contributed by atoms with Gasteiger partial charge in [0.15, 0.2) is 0 Å². The molecule has 0 aromatic carbocycles. The lowest BCUT2D eigenvalue weighted by Gasteiger charge is -2.26. The first kappa shape index (κ1) is 9.32. The number of methoxy groups -OCH3 is 1. The highest BCUT2D eigenvalue weighted by molar-refractivity contribution is 5.59. The van der Waals surface area contributed by atoms with Gasteiger partial charge in [-0.2, -0.15) is 0 Å². The van der Waals surface area contributed by atoms with E-state index in [0.717, 1.165) is 19.3 Å². The van der Waals surface area contributed by atoms with Crippen LogP contribution in [0.5, 0.6) is 0 Å². The van der Waals surface area contributed by atoms with Crippen LogP contribution in [0.1, 0.15) is 25.7 Å². The van der Waals surface area contributed by atoms with Crippen LogP contribution in [0.2, 0.25) is 0 Å². The van der Waals surface area contributed by atoms with Crippen molar-refractivity contribution in [1.29, 1.82) is 0 Å². The summed E-state index contributed by atoms with van der Waals surface area (Å²) in [4.78, 5) is 10.7. The fraction of sp³-hybridized carbons (Fsp3) is 0.875. The molecule has 0 aromatic rings. The number of hydrogen-bond acceptors (Lipinski definition) is 4. The van der Waals surface area contributed by atoms with Crippen LogP contribution in [0.4, 0.5) is 4.79 Å². The zero-order valence-corrected chi connectivity index (χ0v) is 7.16. The summed E-state index contributed by atoms with van der Waals surface area (Å²) in [5.41, 5.74) is 0. The van der Waals surface area contributed by atoms with Crippen molar-refractivity contribution in [2.75, 3.05) is 7.11 Å². The number of rotatable bonds is 1. The number of aliphatic hydroxyl groups excluding tert-OH is 1. The van der Waals surface area contributed by atoms with Crippen molar-refractivity contribution >= 4 is 6.16 Å². The summed E-state index contributed by atoms with van der Waals surface area (Å²) in [5.74, 6) is 0. The van der Waals surface area contributed by atoms with Gasteiger partial charge < -0.3 is 14.6 Å². The predicted octanol–water partition coefficient (Wildman–Crippen LogP) is 1.07. The van der Waals surface area contributed by atoms with E-state index in [4.69, 9.17) is 4.74 Å². The van der Waals surface area contributed by atoms with Gasteiger partial charge in [-0.1, -0.05) is 6.42 Å². The van der Waals surface area contributed by atoms with E-state index in [1.54, 1.807) is 0 Å². The molecule has 0 unspecified atom stereocenters. The van der Waals surface area contributed by atoms with Crippen molar-refractivity contribution in [2.24, 2.45) is 0 Å². The zero-order valence-electron chi connectivity index (χ0n) is 7.16. The van der Waals surface area contributed by atoms with Crippen molar-refractivity contribution in [3.8, 4) is 0 Å². The first-order valence-electron chi connectivity index (χ1n) is 4.16. The van der Waals surface area contributed by atoms with Gasteiger partial charge in [0, 0.05) is 0 Å². The molecule has 1 saturated carbocycles. The Morgan fingerprint density at radius 3 is 2.67 bits per heavy atom. The minimum absolute atomic E-state index is 0.369. The maximum Gasteiger partial charge on any atom is 0.508 e. The van der Waals surface area contributed by atoms with Crippen LogP contribution >= 0.6 is 0 Å². The Morgan fingerprint density at radius 2 is 2.08 bits per heavy atom. The van der Waals surface area contributed by atoms with Crippen molar-refractivity contribution in [3.05, 3.63) is 0 Å². The molecule has 1 aliphatic carbocycles. The number of carbonyl (C=O) groups excluding carboxylic acids is 1. The summed E-state index contributed by atoms with van der Waals surface area (Å²) in [6, 6.07) is 0. The van der Waals surface area contributed by atoms with Crippen molar-refractivity contribution in [3.63, 3.8) is 0 Å². The maximum atomic E-state index is 10.7. The molecule has 0 spiro atoms. The lowest BCUT2D eigenvalue weighted by Crippen LogP contribution is -2.34. The van der Waals surface area contributed by atoms with E-state index in [9.17, 15) is 9.90 Å². The summed E-state index contributed by atoms with van der Waals surface area (Å²) >= 11 is 0.